The first kappa shape index (κ1) is 24.5. The molecule has 0 fully saturated rings. The molecule has 2 heterocycles. The molecule has 31 heavy (non-hydrogen) atoms. The van der Waals surface area contributed by atoms with Crippen molar-refractivity contribution in [3.05, 3.63) is 17.8 Å². The molecule has 0 radical (unpaired) electrons. The quantitative estimate of drug-likeness (QED) is 0.384. The molecule has 0 aliphatic heterocycles. The molecule has 0 saturated heterocycles. The minimum absolute atomic E-state index is 0.102. The van der Waals surface area contributed by atoms with Gasteiger partial charge in [0.15, 0.2) is 0 Å². The maximum atomic E-state index is 12.4. The fourth-order valence-electron chi connectivity index (χ4n) is 2.45. The zero-order valence-electron chi connectivity index (χ0n) is 19.0. The number of rotatable bonds is 9. The molecule has 0 aromatic carbocycles. The molecular weight excluding hydrogens is 422 g/mol. The molecule has 2 aromatic heterocycles. The van der Waals surface area contributed by atoms with Gasteiger partial charge < -0.3 is 19.1 Å². The number of H-pyrrole nitrogens is 1. The summed E-state index contributed by atoms with van der Waals surface area (Å²) in [5.41, 5.74) is 0.541. The third kappa shape index (κ3) is 6.89. The minimum atomic E-state index is -2.07. The predicted molar refractivity (Wildman–Crippen MR) is 114 cm³/mol. The van der Waals surface area contributed by atoms with Gasteiger partial charge in [0.2, 0.25) is 11.7 Å². The summed E-state index contributed by atoms with van der Waals surface area (Å²) in [7, 11) is -2.07. The van der Waals surface area contributed by atoms with Gasteiger partial charge in [0, 0.05) is 6.42 Å². The Morgan fingerprint density at radius 1 is 1.26 bits per heavy atom. The van der Waals surface area contributed by atoms with Gasteiger partial charge >= 0.3 is 12.1 Å². The van der Waals surface area contributed by atoms with Crippen molar-refractivity contribution in [1.82, 2.24) is 25.7 Å². The second-order valence-electron chi connectivity index (χ2n) is 9.37. The molecule has 11 nitrogen and oxygen atoms in total. The zero-order valence-corrected chi connectivity index (χ0v) is 20.0. The van der Waals surface area contributed by atoms with Gasteiger partial charge in [0.25, 0.3) is 0 Å². The van der Waals surface area contributed by atoms with Crippen molar-refractivity contribution in [3.8, 4) is 11.4 Å². The van der Waals surface area contributed by atoms with E-state index in [0.29, 0.717) is 11.3 Å². The number of aromatic amines is 1. The lowest BCUT2D eigenvalue weighted by atomic mass is 10.2. The smallest absolute Gasteiger partial charge is 0.409 e. The molecule has 1 unspecified atom stereocenters. The number of amides is 1. The Bertz CT molecular complexity index is 914. The monoisotopic (exact) mass is 453 g/mol. The Balaban J connectivity index is 2.14. The maximum Gasteiger partial charge on any atom is 0.409 e. The number of nitrogens with one attached hydrogen (secondary N) is 2. The van der Waals surface area contributed by atoms with E-state index in [-0.39, 0.29) is 31.2 Å². The van der Waals surface area contributed by atoms with Gasteiger partial charge in [-0.2, -0.15) is 10.1 Å². The summed E-state index contributed by atoms with van der Waals surface area (Å²) in [5.74, 6) is -0.438. The Labute approximate surface area is 181 Å². The van der Waals surface area contributed by atoms with E-state index in [9.17, 15) is 9.59 Å². The summed E-state index contributed by atoms with van der Waals surface area (Å²) in [4.78, 5) is 27.3. The van der Waals surface area contributed by atoms with Gasteiger partial charge in [-0.05, 0) is 27.7 Å². The number of aryl methyl sites for hydroxylation is 1. The van der Waals surface area contributed by atoms with E-state index in [1.807, 2.05) is 6.92 Å². The van der Waals surface area contributed by atoms with Crippen LogP contribution in [0.5, 0.6) is 0 Å². The van der Waals surface area contributed by atoms with Gasteiger partial charge in [0.1, 0.15) is 19.0 Å². The van der Waals surface area contributed by atoms with Crippen LogP contribution in [-0.2, 0) is 27.3 Å². The number of nitrogens with zero attached hydrogens (tertiary/aromatic N) is 3. The Kier molecular flexibility index (Phi) is 7.27. The molecule has 0 aliphatic carbocycles. The van der Waals surface area contributed by atoms with Gasteiger partial charge in [-0.3, -0.25) is 15.2 Å². The number of carbonyl (C=O) groups is 2. The molecule has 0 bridgehead atoms. The van der Waals surface area contributed by atoms with E-state index >= 15 is 0 Å². The second-order valence-corrected chi connectivity index (χ2v) is 14.8. The highest BCUT2D eigenvalue weighted by Crippen LogP contribution is 2.26. The van der Waals surface area contributed by atoms with E-state index in [1.165, 1.54) is 6.20 Å². The predicted octanol–water partition coefficient (Wildman–Crippen LogP) is 3.11. The summed E-state index contributed by atoms with van der Waals surface area (Å²) in [6.45, 7) is 13.6. The van der Waals surface area contributed by atoms with Gasteiger partial charge in [0.05, 0.1) is 30.5 Å². The lowest BCUT2D eigenvalue weighted by Gasteiger charge is -2.41. The third-order valence-corrected chi connectivity index (χ3v) is 7.79. The van der Waals surface area contributed by atoms with E-state index in [2.05, 4.69) is 45.3 Å². The van der Waals surface area contributed by atoms with Crippen molar-refractivity contribution < 1.29 is 28.7 Å². The van der Waals surface area contributed by atoms with Crippen molar-refractivity contribution >= 4 is 20.1 Å². The number of carboxylic acids is 1. The second kappa shape index (κ2) is 9.18. The highest BCUT2D eigenvalue weighted by molar-refractivity contribution is 6.78. The van der Waals surface area contributed by atoms with Crippen LogP contribution in [0.15, 0.2) is 10.7 Å². The van der Waals surface area contributed by atoms with Crippen LogP contribution in [-0.4, -0.2) is 56.5 Å². The molecule has 0 saturated carbocycles. The molecule has 1 amide bonds. The van der Waals surface area contributed by atoms with Gasteiger partial charge in [-0.15, -0.1) is 0 Å². The largest absolute Gasteiger partial charge is 0.481 e. The molecule has 3 N–H and O–H groups in total. The van der Waals surface area contributed by atoms with E-state index in [4.69, 9.17) is 19.1 Å². The number of aliphatic carboxylic acids is 1. The van der Waals surface area contributed by atoms with E-state index in [1.54, 1.807) is 20.8 Å². The van der Waals surface area contributed by atoms with Crippen LogP contribution >= 0.6 is 0 Å². The molecular formula is C19H31N5O6Si. The molecule has 172 valence electrons. The SMILES string of the molecule is CC(C)(C)OC(=O)NC(C)(OCc1[nH]ncc1-c1noc(CCC(=O)O)n1)[Si](C)(C)C. The highest BCUT2D eigenvalue weighted by atomic mass is 28.3. The summed E-state index contributed by atoms with van der Waals surface area (Å²) in [5, 5.41) is 21.5. The number of ether oxygens (including phenoxy) is 2. The molecule has 12 heteroatoms. The lowest BCUT2D eigenvalue weighted by Crippen LogP contribution is -2.63. The average Bonchev–Trinajstić information content (AvgIpc) is 3.24. The van der Waals surface area contributed by atoms with Crippen molar-refractivity contribution in [2.24, 2.45) is 0 Å². The van der Waals surface area contributed by atoms with Crippen molar-refractivity contribution in [3.63, 3.8) is 0 Å². The summed E-state index contributed by atoms with van der Waals surface area (Å²) < 4.78 is 16.7. The van der Waals surface area contributed by atoms with Crippen LogP contribution in [0.1, 0.15) is 45.7 Å². The zero-order chi connectivity index (χ0) is 23.4. The van der Waals surface area contributed by atoms with Crippen molar-refractivity contribution in [1.29, 1.82) is 0 Å². The van der Waals surface area contributed by atoms with Gasteiger partial charge in [-0.1, -0.05) is 24.8 Å². The third-order valence-electron chi connectivity index (χ3n) is 4.66. The molecule has 2 aromatic rings. The van der Waals surface area contributed by atoms with E-state index < -0.39 is 31.1 Å². The number of aromatic nitrogens is 4. The van der Waals surface area contributed by atoms with Crippen molar-refractivity contribution in [2.75, 3.05) is 0 Å². The summed E-state index contributed by atoms with van der Waals surface area (Å²) in [6.07, 6.45) is 1.02. The first-order valence-corrected chi connectivity index (χ1v) is 13.4. The number of alkyl carbamates (subject to hydrolysis) is 1. The minimum Gasteiger partial charge on any atom is -0.481 e. The number of hydrogen-bond donors (Lipinski definition) is 3. The Hall–Kier alpha value is -2.73. The normalized spacial score (nSPS) is 14.2. The van der Waals surface area contributed by atoms with Crippen LogP contribution < -0.4 is 5.32 Å². The molecule has 2 rings (SSSR count). The van der Waals surface area contributed by atoms with Crippen LogP contribution in [0.3, 0.4) is 0 Å². The Morgan fingerprint density at radius 3 is 2.52 bits per heavy atom. The van der Waals surface area contributed by atoms with Crippen molar-refractivity contribution in [2.45, 2.75) is 77.7 Å². The van der Waals surface area contributed by atoms with Crippen LogP contribution in [0, 0.1) is 0 Å². The standard InChI is InChI=1S/C19H31N5O6Si/c1-18(2,3)29-17(27)22-19(4,31(5,6)7)28-11-13-12(10-20-23-13)16-21-14(30-24-16)8-9-15(25)26/h10H,8-9,11H2,1-7H3,(H,20,23)(H,22,27)(H,25,26). The highest BCUT2D eigenvalue weighted by Gasteiger charge is 2.43. The lowest BCUT2D eigenvalue weighted by molar-refractivity contribution is -0.137. The maximum absolute atomic E-state index is 12.4. The fraction of sp³-hybridized carbons (Fsp3) is 0.632. The Morgan fingerprint density at radius 2 is 1.94 bits per heavy atom. The fourth-order valence-corrected chi connectivity index (χ4v) is 3.43. The van der Waals surface area contributed by atoms with Gasteiger partial charge in [-0.25, -0.2) is 4.79 Å². The number of hydrogen-bond acceptors (Lipinski definition) is 8. The molecule has 0 spiro atoms. The first-order valence-electron chi connectivity index (χ1n) is 9.92. The number of carboxylic acid groups (broad SMARTS) is 1. The molecule has 0 aliphatic rings. The molecule has 1 atom stereocenters. The first-order chi connectivity index (χ1) is 14.2. The van der Waals surface area contributed by atoms with Crippen LogP contribution in [0.4, 0.5) is 4.79 Å². The van der Waals surface area contributed by atoms with Crippen LogP contribution in [0.25, 0.3) is 11.4 Å². The summed E-state index contributed by atoms with van der Waals surface area (Å²) in [6, 6.07) is 0. The van der Waals surface area contributed by atoms with E-state index in [0.717, 1.165) is 0 Å². The summed E-state index contributed by atoms with van der Waals surface area (Å²) >= 11 is 0. The van der Waals surface area contributed by atoms with Crippen LogP contribution in [0.2, 0.25) is 19.6 Å². The topological polar surface area (TPSA) is 152 Å². The average molecular weight is 454 g/mol. The number of carbonyl (C=O) groups excluding carboxylic acids is 1.